The number of rotatable bonds is 5. The summed E-state index contributed by atoms with van der Waals surface area (Å²) in [7, 11) is 0. The van der Waals surface area contributed by atoms with Crippen LogP contribution in [0, 0.1) is 5.92 Å². The van der Waals surface area contributed by atoms with E-state index in [9.17, 15) is 9.59 Å². The number of piperidine rings is 1. The molecule has 1 saturated heterocycles. The zero-order valence-corrected chi connectivity index (χ0v) is 17.7. The summed E-state index contributed by atoms with van der Waals surface area (Å²) < 4.78 is 1.63. The first kappa shape index (κ1) is 20.6. The number of hydrogen-bond acceptors (Lipinski definition) is 4. The van der Waals surface area contributed by atoms with Crippen LogP contribution < -0.4 is 15.8 Å². The minimum absolute atomic E-state index is 0.0347. The number of carbonyl (C=O) groups excluding carboxylic acids is 1. The minimum Gasteiger partial charge on any atom is -0.317 e. The maximum Gasteiger partial charge on any atom is 0.261 e. The molecule has 0 radical (unpaired) electrons. The molecule has 0 spiro atoms. The van der Waals surface area contributed by atoms with Crippen molar-refractivity contribution in [3.8, 4) is 0 Å². The van der Waals surface area contributed by atoms with Gasteiger partial charge in [-0.05, 0) is 63.2 Å². The highest BCUT2D eigenvalue weighted by atomic mass is 35.5. The molecule has 1 amide bonds. The van der Waals surface area contributed by atoms with E-state index in [1.54, 1.807) is 27.7 Å². The number of amides is 1. The fraction of sp³-hybridized carbons (Fsp3) is 0.348. The van der Waals surface area contributed by atoms with Gasteiger partial charge >= 0.3 is 0 Å². The van der Waals surface area contributed by atoms with Gasteiger partial charge in [-0.2, -0.15) is 0 Å². The van der Waals surface area contributed by atoms with Crippen LogP contribution in [0.5, 0.6) is 0 Å². The van der Waals surface area contributed by atoms with Crippen LogP contribution in [-0.2, 0) is 17.9 Å². The molecule has 0 bridgehead atoms. The average molecular weight is 425 g/mol. The molecule has 6 nitrogen and oxygen atoms in total. The molecule has 0 atom stereocenters. The molecule has 4 rings (SSSR count). The lowest BCUT2D eigenvalue weighted by Crippen LogP contribution is -2.42. The van der Waals surface area contributed by atoms with Crippen molar-refractivity contribution in [2.75, 3.05) is 18.0 Å². The van der Waals surface area contributed by atoms with E-state index in [-0.39, 0.29) is 23.9 Å². The second-order valence-corrected chi connectivity index (χ2v) is 7.96. The summed E-state index contributed by atoms with van der Waals surface area (Å²) in [6.45, 7) is 4.30. The fourth-order valence-electron chi connectivity index (χ4n) is 4.02. The first-order valence-corrected chi connectivity index (χ1v) is 10.7. The van der Waals surface area contributed by atoms with Gasteiger partial charge in [0, 0.05) is 23.2 Å². The monoisotopic (exact) mass is 424 g/mol. The SMILES string of the molecule is CCn1c(CN(C(=O)C2CCNCC2)c2ccccc2)nc2ccc(Cl)cc2c1=O. The van der Waals surface area contributed by atoms with E-state index < -0.39 is 0 Å². The van der Waals surface area contributed by atoms with E-state index in [1.807, 2.05) is 37.3 Å². The third-order valence-corrected chi connectivity index (χ3v) is 5.87. The molecule has 1 aliphatic rings. The summed E-state index contributed by atoms with van der Waals surface area (Å²) in [4.78, 5) is 33.0. The van der Waals surface area contributed by atoms with Crippen LogP contribution in [0.25, 0.3) is 10.9 Å². The molecule has 30 heavy (non-hydrogen) atoms. The fourth-order valence-corrected chi connectivity index (χ4v) is 4.19. The molecular weight excluding hydrogens is 400 g/mol. The molecule has 156 valence electrons. The minimum atomic E-state index is -0.137. The molecule has 2 aromatic carbocycles. The first-order chi connectivity index (χ1) is 14.6. The molecule has 1 aromatic heterocycles. The maximum atomic E-state index is 13.5. The third-order valence-electron chi connectivity index (χ3n) is 5.63. The lowest BCUT2D eigenvalue weighted by Gasteiger charge is -2.30. The van der Waals surface area contributed by atoms with E-state index in [4.69, 9.17) is 16.6 Å². The number of para-hydroxylation sites is 1. The predicted molar refractivity (Wildman–Crippen MR) is 120 cm³/mol. The largest absolute Gasteiger partial charge is 0.317 e. The molecule has 0 unspecified atom stereocenters. The maximum absolute atomic E-state index is 13.5. The highest BCUT2D eigenvalue weighted by Gasteiger charge is 2.28. The van der Waals surface area contributed by atoms with Gasteiger partial charge in [0.05, 0.1) is 17.4 Å². The number of benzene rings is 2. The topological polar surface area (TPSA) is 67.2 Å². The summed E-state index contributed by atoms with van der Waals surface area (Å²) in [6.07, 6.45) is 1.62. The van der Waals surface area contributed by atoms with Gasteiger partial charge in [0.25, 0.3) is 5.56 Å². The quantitative estimate of drug-likeness (QED) is 0.679. The van der Waals surface area contributed by atoms with E-state index >= 15 is 0 Å². The number of aromatic nitrogens is 2. The van der Waals surface area contributed by atoms with Crippen molar-refractivity contribution in [1.29, 1.82) is 0 Å². The van der Waals surface area contributed by atoms with Crippen LogP contribution in [0.3, 0.4) is 0 Å². The number of nitrogens with zero attached hydrogens (tertiary/aromatic N) is 3. The Morgan fingerprint density at radius 3 is 2.63 bits per heavy atom. The lowest BCUT2D eigenvalue weighted by molar-refractivity contribution is -0.123. The number of halogens is 1. The van der Waals surface area contributed by atoms with Crippen molar-refractivity contribution >= 4 is 34.1 Å². The third kappa shape index (κ3) is 4.11. The summed E-state index contributed by atoms with van der Waals surface area (Å²) in [5.74, 6) is 0.617. The summed E-state index contributed by atoms with van der Waals surface area (Å²) in [5, 5.41) is 4.30. The van der Waals surface area contributed by atoms with Crippen LogP contribution in [0.15, 0.2) is 53.3 Å². The van der Waals surface area contributed by atoms with Gasteiger partial charge in [0.1, 0.15) is 5.82 Å². The molecule has 3 aromatic rings. The Kier molecular flexibility index (Phi) is 6.16. The normalized spacial score (nSPS) is 14.7. The smallest absolute Gasteiger partial charge is 0.261 e. The molecule has 0 aliphatic carbocycles. The summed E-state index contributed by atoms with van der Waals surface area (Å²) >= 11 is 6.08. The Morgan fingerprint density at radius 1 is 1.20 bits per heavy atom. The lowest BCUT2D eigenvalue weighted by atomic mass is 9.96. The second-order valence-electron chi connectivity index (χ2n) is 7.52. The van der Waals surface area contributed by atoms with Gasteiger partial charge in [0.2, 0.25) is 5.91 Å². The Balaban J connectivity index is 1.77. The molecule has 1 N–H and O–H groups in total. The number of fused-ring (bicyclic) bond motifs is 1. The van der Waals surface area contributed by atoms with E-state index in [0.29, 0.717) is 28.3 Å². The Labute approximate surface area is 180 Å². The van der Waals surface area contributed by atoms with Crippen molar-refractivity contribution < 1.29 is 4.79 Å². The van der Waals surface area contributed by atoms with Crippen LogP contribution >= 0.6 is 11.6 Å². The molecular formula is C23H25ClN4O2. The molecule has 2 heterocycles. The van der Waals surface area contributed by atoms with Gasteiger partial charge in [-0.25, -0.2) is 4.98 Å². The van der Waals surface area contributed by atoms with Crippen LogP contribution in [0.2, 0.25) is 5.02 Å². The summed E-state index contributed by atoms with van der Waals surface area (Å²) in [5.41, 5.74) is 1.27. The number of nitrogens with one attached hydrogen (secondary N) is 1. The highest BCUT2D eigenvalue weighted by Crippen LogP contribution is 2.24. The van der Waals surface area contributed by atoms with Crippen molar-refractivity contribution in [2.24, 2.45) is 5.92 Å². The highest BCUT2D eigenvalue weighted by molar-refractivity contribution is 6.31. The number of anilines is 1. The first-order valence-electron chi connectivity index (χ1n) is 10.3. The van der Waals surface area contributed by atoms with Gasteiger partial charge in [0.15, 0.2) is 0 Å². The van der Waals surface area contributed by atoms with E-state index in [2.05, 4.69) is 5.32 Å². The molecule has 0 saturated carbocycles. The van der Waals surface area contributed by atoms with Crippen molar-refractivity contribution in [1.82, 2.24) is 14.9 Å². The molecule has 7 heteroatoms. The van der Waals surface area contributed by atoms with Crippen molar-refractivity contribution in [3.05, 3.63) is 69.7 Å². The predicted octanol–water partition coefficient (Wildman–Crippen LogP) is 3.60. The van der Waals surface area contributed by atoms with Crippen molar-refractivity contribution in [2.45, 2.75) is 32.9 Å². The molecule has 1 aliphatic heterocycles. The standard InChI is InChI=1S/C23H25ClN4O2/c1-2-27-21(26-20-9-8-17(24)14-19(20)23(27)30)15-28(18-6-4-3-5-7-18)22(29)16-10-12-25-13-11-16/h3-9,14,16,25H,2,10-13,15H2,1H3. The zero-order chi connectivity index (χ0) is 21.1. The number of hydrogen-bond donors (Lipinski definition) is 1. The van der Waals surface area contributed by atoms with E-state index in [1.165, 1.54) is 0 Å². The second kappa shape index (κ2) is 8.98. The van der Waals surface area contributed by atoms with Crippen LogP contribution in [0.4, 0.5) is 5.69 Å². The Morgan fingerprint density at radius 2 is 1.93 bits per heavy atom. The van der Waals surface area contributed by atoms with Gasteiger partial charge in [-0.3, -0.25) is 14.2 Å². The zero-order valence-electron chi connectivity index (χ0n) is 17.0. The average Bonchev–Trinajstić information content (AvgIpc) is 2.79. The van der Waals surface area contributed by atoms with E-state index in [0.717, 1.165) is 31.6 Å². The Bertz CT molecular complexity index is 1110. The molecule has 1 fully saturated rings. The van der Waals surface area contributed by atoms with Gasteiger partial charge < -0.3 is 10.2 Å². The summed E-state index contributed by atoms with van der Waals surface area (Å²) in [6, 6.07) is 14.7. The van der Waals surface area contributed by atoms with Gasteiger partial charge in [-0.15, -0.1) is 0 Å². The van der Waals surface area contributed by atoms with Crippen molar-refractivity contribution in [3.63, 3.8) is 0 Å². The van der Waals surface area contributed by atoms with Crippen LogP contribution in [-0.4, -0.2) is 28.5 Å². The van der Waals surface area contributed by atoms with Gasteiger partial charge in [-0.1, -0.05) is 29.8 Å². The van der Waals surface area contributed by atoms with Crippen LogP contribution in [0.1, 0.15) is 25.6 Å². The Hall–Kier alpha value is -2.70. The number of carbonyl (C=O) groups is 1.